The molecule has 16 heavy (non-hydrogen) atoms. The summed E-state index contributed by atoms with van der Waals surface area (Å²) < 4.78 is 4.58. The smallest absolute Gasteiger partial charge is 0.319 e. The van der Waals surface area contributed by atoms with Gasteiger partial charge in [0, 0.05) is 13.1 Å². The van der Waals surface area contributed by atoms with Gasteiger partial charge >= 0.3 is 5.97 Å². The SMILES string of the molecule is CCN(CC(=O)OC)CC(=O)N(C)C1CC1. The number of esters is 1. The molecule has 1 aliphatic rings. The molecule has 0 unspecified atom stereocenters. The van der Waals surface area contributed by atoms with Crippen molar-refractivity contribution in [2.45, 2.75) is 25.8 Å². The molecule has 1 rings (SSSR count). The topological polar surface area (TPSA) is 49.9 Å². The van der Waals surface area contributed by atoms with Gasteiger partial charge in [-0.3, -0.25) is 14.5 Å². The van der Waals surface area contributed by atoms with Crippen molar-refractivity contribution in [2.24, 2.45) is 0 Å². The first-order valence-electron chi connectivity index (χ1n) is 5.63. The number of rotatable bonds is 6. The Morgan fingerprint density at radius 3 is 2.38 bits per heavy atom. The largest absolute Gasteiger partial charge is 0.468 e. The Kier molecular flexibility index (Phi) is 4.73. The second kappa shape index (κ2) is 5.84. The molecule has 0 N–H and O–H groups in total. The number of amides is 1. The van der Waals surface area contributed by atoms with E-state index in [2.05, 4.69) is 4.74 Å². The normalized spacial score (nSPS) is 15.0. The van der Waals surface area contributed by atoms with Gasteiger partial charge in [-0.25, -0.2) is 0 Å². The molecule has 0 aromatic rings. The molecular weight excluding hydrogens is 208 g/mol. The van der Waals surface area contributed by atoms with Gasteiger partial charge in [-0.15, -0.1) is 0 Å². The number of nitrogens with zero attached hydrogens (tertiary/aromatic N) is 2. The maximum absolute atomic E-state index is 11.8. The number of carbonyl (C=O) groups excluding carboxylic acids is 2. The van der Waals surface area contributed by atoms with E-state index in [9.17, 15) is 9.59 Å². The summed E-state index contributed by atoms with van der Waals surface area (Å²) >= 11 is 0. The van der Waals surface area contributed by atoms with Crippen molar-refractivity contribution in [1.82, 2.24) is 9.80 Å². The van der Waals surface area contributed by atoms with Crippen LogP contribution in [0.3, 0.4) is 0 Å². The monoisotopic (exact) mass is 228 g/mol. The quantitative estimate of drug-likeness (QED) is 0.605. The van der Waals surface area contributed by atoms with Crippen LogP contribution in [0.5, 0.6) is 0 Å². The van der Waals surface area contributed by atoms with Crippen LogP contribution in [0.2, 0.25) is 0 Å². The van der Waals surface area contributed by atoms with Crippen LogP contribution >= 0.6 is 0 Å². The lowest BCUT2D eigenvalue weighted by molar-refractivity contribution is -0.142. The van der Waals surface area contributed by atoms with E-state index in [-0.39, 0.29) is 18.4 Å². The van der Waals surface area contributed by atoms with E-state index in [0.29, 0.717) is 19.1 Å². The Morgan fingerprint density at radius 2 is 1.94 bits per heavy atom. The van der Waals surface area contributed by atoms with Gasteiger partial charge in [0.15, 0.2) is 0 Å². The summed E-state index contributed by atoms with van der Waals surface area (Å²) in [7, 11) is 3.18. The molecule has 1 saturated carbocycles. The standard InChI is InChI=1S/C11H20N2O3/c1-4-13(8-11(15)16-3)7-10(14)12(2)9-5-6-9/h9H,4-8H2,1-3H3. The highest BCUT2D eigenvalue weighted by atomic mass is 16.5. The van der Waals surface area contributed by atoms with Crippen LogP contribution < -0.4 is 0 Å². The predicted molar refractivity (Wildman–Crippen MR) is 59.9 cm³/mol. The molecule has 1 amide bonds. The van der Waals surface area contributed by atoms with Crippen molar-refractivity contribution < 1.29 is 14.3 Å². The van der Waals surface area contributed by atoms with E-state index in [4.69, 9.17) is 0 Å². The Balaban J connectivity index is 2.36. The number of hydrogen-bond acceptors (Lipinski definition) is 4. The summed E-state index contributed by atoms with van der Waals surface area (Å²) in [5.74, 6) is -0.225. The van der Waals surface area contributed by atoms with Crippen LogP contribution in [0, 0.1) is 0 Å². The van der Waals surface area contributed by atoms with Crippen molar-refractivity contribution >= 4 is 11.9 Å². The van der Waals surface area contributed by atoms with E-state index in [1.54, 1.807) is 9.80 Å². The molecule has 5 nitrogen and oxygen atoms in total. The minimum absolute atomic E-state index is 0.0771. The maximum atomic E-state index is 11.8. The molecule has 0 saturated heterocycles. The highest BCUT2D eigenvalue weighted by Crippen LogP contribution is 2.25. The fourth-order valence-corrected chi connectivity index (χ4v) is 1.49. The van der Waals surface area contributed by atoms with Crippen molar-refractivity contribution in [3.05, 3.63) is 0 Å². The van der Waals surface area contributed by atoms with Gasteiger partial charge in [-0.2, -0.15) is 0 Å². The zero-order chi connectivity index (χ0) is 12.1. The van der Waals surface area contributed by atoms with Gasteiger partial charge in [-0.1, -0.05) is 6.92 Å². The molecule has 92 valence electrons. The number of carbonyl (C=O) groups is 2. The zero-order valence-corrected chi connectivity index (χ0v) is 10.2. The lowest BCUT2D eigenvalue weighted by atomic mass is 10.4. The third kappa shape index (κ3) is 3.81. The molecule has 0 heterocycles. The molecular formula is C11H20N2O3. The summed E-state index contributed by atoms with van der Waals surface area (Å²) in [6.07, 6.45) is 2.21. The molecule has 1 fully saturated rings. The average molecular weight is 228 g/mol. The maximum Gasteiger partial charge on any atom is 0.319 e. The first-order chi connectivity index (χ1) is 7.58. The summed E-state index contributed by atoms with van der Waals surface area (Å²) in [5, 5.41) is 0. The van der Waals surface area contributed by atoms with Gasteiger partial charge in [-0.05, 0) is 19.4 Å². The lowest BCUT2D eigenvalue weighted by Gasteiger charge is -2.22. The minimum Gasteiger partial charge on any atom is -0.468 e. The first-order valence-corrected chi connectivity index (χ1v) is 5.63. The fraction of sp³-hybridized carbons (Fsp3) is 0.818. The molecule has 0 aliphatic heterocycles. The third-order valence-corrected chi connectivity index (χ3v) is 2.87. The second-order valence-corrected chi connectivity index (χ2v) is 4.12. The number of likely N-dealkylation sites (N-methyl/N-ethyl adjacent to an activating group) is 2. The van der Waals surface area contributed by atoms with Gasteiger partial charge in [0.1, 0.15) is 0 Å². The minimum atomic E-state index is -0.302. The molecule has 5 heteroatoms. The van der Waals surface area contributed by atoms with Crippen LogP contribution in [0.4, 0.5) is 0 Å². The van der Waals surface area contributed by atoms with Crippen LogP contribution in [0.1, 0.15) is 19.8 Å². The van der Waals surface area contributed by atoms with Crippen LogP contribution in [-0.2, 0) is 14.3 Å². The van der Waals surface area contributed by atoms with Gasteiger partial charge in [0.05, 0.1) is 20.2 Å². The molecule has 0 atom stereocenters. The molecule has 1 aliphatic carbocycles. The van der Waals surface area contributed by atoms with E-state index in [1.165, 1.54) is 7.11 Å². The Hall–Kier alpha value is -1.10. The summed E-state index contributed by atoms with van der Waals surface area (Å²) in [5.41, 5.74) is 0. The van der Waals surface area contributed by atoms with Crippen LogP contribution in [0.15, 0.2) is 0 Å². The summed E-state index contributed by atoms with van der Waals surface area (Å²) in [6, 6.07) is 0.421. The van der Waals surface area contributed by atoms with Gasteiger partial charge in [0.2, 0.25) is 5.91 Å². The van der Waals surface area contributed by atoms with Crippen LogP contribution in [-0.4, -0.2) is 61.5 Å². The fourth-order valence-electron chi connectivity index (χ4n) is 1.49. The summed E-state index contributed by atoms with van der Waals surface area (Å²) in [4.78, 5) is 26.4. The third-order valence-electron chi connectivity index (χ3n) is 2.87. The Bertz CT molecular complexity index is 264. The van der Waals surface area contributed by atoms with E-state index in [1.807, 2.05) is 14.0 Å². The zero-order valence-electron chi connectivity index (χ0n) is 10.2. The van der Waals surface area contributed by atoms with Crippen molar-refractivity contribution in [3.63, 3.8) is 0 Å². The molecule has 0 spiro atoms. The van der Waals surface area contributed by atoms with Crippen molar-refractivity contribution in [1.29, 1.82) is 0 Å². The number of ether oxygens (including phenoxy) is 1. The van der Waals surface area contributed by atoms with Crippen LogP contribution in [0.25, 0.3) is 0 Å². The molecule has 0 radical (unpaired) electrons. The number of hydrogen-bond donors (Lipinski definition) is 0. The van der Waals surface area contributed by atoms with Crippen molar-refractivity contribution in [2.75, 3.05) is 33.8 Å². The molecule has 0 bridgehead atoms. The Labute approximate surface area is 96.3 Å². The number of methoxy groups -OCH3 is 1. The van der Waals surface area contributed by atoms with E-state index >= 15 is 0 Å². The lowest BCUT2D eigenvalue weighted by Crippen LogP contribution is -2.41. The average Bonchev–Trinajstić information content (AvgIpc) is 3.10. The second-order valence-electron chi connectivity index (χ2n) is 4.12. The summed E-state index contributed by atoms with van der Waals surface area (Å²) in [6.45, 7) is 3.06. The highest BCUT2D eigenvalue weighted by Gasteiger charge is 2.30. The Morgan fingerprint density at radius 1 is 1.31 bits per heavy atom. The molecule has 0 aromatic heterocycles. The van der Waals surface area contributed by atoms with E-state index in [0.717, 1.165) is 12.8 Å². The van der Waals surface area contributed by atoms with E-state index < -0.39 is 0 Å². The van der Waals surface area contributed by atoms with Crippen molar-refractivity contribution in [3.8, 4) is 0 Å². The molecule has 0 aromatic carbocycles. The predicted octanol–water partition coefficient (Wildman–Crippen LogP) is 0.102. The van der Waals surface area contributed by atoms with Gasteiger partial charge in [0.25, 0.3) is 0 Å². The highest BCUT2D eigenvalue weighted by molar-refractivity contribution is 5.79. The first kappa shape index (κ1) is 13.0. The van der Waals surface area contributed by atoms with Gasteiger partial charge < -0.3 is 9.64 Å².